The molecule has 0 aromatic heterocycles. The molecule has 3 heteroatoms. The Labute approximate surface area is 74.8 Å². The molecule has 3 nitrogen and oxygen atoms in total. The number of hydrogen-bond donors (Lipinski definition) is 2. The third-order valence-electron chi connectivity index (χ3n) is 2.32. The number of likely N-dealkylation sites (N-methyl/N-ethyl adjacent to an activating group) is 1. The summed E-state index contributed by atoms with van der Waals surface area (Å²) in [6.07, 6.45) is 3.63. The number of nitrogens with one attached hydrogen (secondary N) is 1. The fourth-order valence-corrected chi connectivity index (χ4v) is 1.45. The summed E-state index contributed by atoms with van der Waals surface area (Å²) in [5.41, 5.74) is 0. The zero-order chi connectivity index (χ0) is 8.81. The molecule has 0 aromatic rings. The van der Waals surface area contributed by atoms with E-state index in [1.54, 1.807) is 0 Å². The van der Waals surface area contributed by atoms with Gasteiger partial charge in [-0.25, -0.2) is 0 Å². The van der Waals surface area contributed by atoms with Crippen LogP contribution in [0, 0.1) is 0 Å². The highest BCUT2D eigenvalue weighted by Crippen LogP contribution is 2.26. The van der Waals surface area contributed by atoms with Crippen LogP contribution in [0.15, 0.2) is 0 Å². The minimum absolute atomic E-state index is 0.322. The third kappa shape index (κ3) is 3.52. The summed E-state index contributed by atoms with van der Waals surface area (Å²) in [6.45, 7) is 3.56. The average molecular weight is 172 g/mol. The fraction of sp³-hybridized carbons (Fsp3) is 1.00. The minimum Gasteiger partial charge on any atom is -0.396 e. The normalized spacial score (nSPS) is 17.2. The van der Waals surface area contributed by atoms with Crippen LogP contribution in [-0.4, -0.2) is 49.3 Å². The summed E-state index contributed by atoms with van der Waals surface area (Å²) in [5, 5.41) is 11.9. The van der Waals surface area contributed by atoms with Gasteiger partial charge in [-0.15, -0.1) is 0 Å². The molecule has 0 heterocycles. The van der Waals surface area contributed by atoms with E-state index in [9.17, 15) is 0 Å². The van der Waals surface area contributed by atoms with Crippen LogP contribution in [-0.2, 0) is 0 Å². The lowest BCUT2D eigenvalue weighted by Crippen LogP contribution is -2.33. The highest BCUT2D eigenvalue weighted by atomic mass is 16.3. The summed E-state index contributed by atoms with van der Waals surface area (Å²) >= 11 is 0. The Morgan fingerprint density at radius 1 is 1.42 bits per heavy atom. The van der Waals surface area contributed by atoms with E-state index in [-0.39, 0.29) is 0 Å². The number of aliphatic hydroxyl groups excluding tert-OH is 1. The lowest BCUT2D eigenvalue weighted by Gasteiger charge is -2.20. The molecule has 0 unspecified atom stereocenters. The Morgan fingerprint density at radius 2 is 2.17 bits per heavy atom. The van der Waals surface area contributed by atoms with E-state index in [0.717, 1.165) is 32.1 Å². The molecule has 2 N–H and O–H groups in total. The van der Waals surface area contributed by atoms with Crippen LogP contribution < -0.4 is 5.32 Å². The SMILES string of the molecule is CNCCN(CCCO)C1CC1. The summed E-state index contributed by atoms with van der Waals surface area (Å²) in [6, 6.07) is 0.824. The number of rotatable bonds is 7. The first-order chi connectivity index (χ1) is 5.88. The maximum atomic E-state index is 8.70. The van der Waals surface area contributed by atoms with Crippen molar-refractivity contribution in [3.63, 3.8) is 0 Å². The first-order valence-electron chi connectivity index (χ1n) is 4.88. The molecule has 1 aliphatic rings. The zero-order valence-electron chi connectivity index (χ0n) is 7.92. The molecular formula is C9H20N2O. The molecule has 0 amide bonds. The second-order valence-electron chi connectivity index (χ2n) is 3.45. The molecule has 12 heavy (non-hydrogen) atoms. The minimum atomic E-state index is 0.322. The van der Waals surface area contributed by atoms with Crippen LogP contribution in [0.2, 0.25) is 0 Å². The molecule has 0 saturated heterocycles. The molecule has 0 aliphatic heterocycles. The molecular weight excluding hydrogens is 152 g/mol. The molecule has 0 aromatic carbocycles. The second-order valence-corrected chi connectivity index (χ2v) is 3.45. The van der Waals surface area contributed by atoms with E-state index in [1.807, 2.05) is 7.05 Å². The summed E-state index contributed by atoms with van der Waals surface area (Å²) in [5.74, 6) is 0. The van der Waals surface area contributed by atoms with Gasteiger partial charge < -0.3 is 10.4 Å². The summed E-state index contributed by atoms with van der Waals surface area (Å²) in [4.78, 5) is 2.48. The molecule has 1 saturated carbocycles. The lowest BCUT2D eigenvalue weighted by molar-refractivity contribution is 0.218. The van der Waals surface area contributed by atoms with E-state index < -0.39 is 0 Å². The van der Waals surface area contributed by atoms with E-state index in [0.29, 0.717) is 6.61 Å². The largest absolute Gasteiger partial charge is 0.396 e. The zero-order valence-corrected chi connectivity index (χ0v) is 7.92. The molecule has 0 bridgehead atoms. The van der Waals surface area contributed by atoms with E-state index in [2.05, 4.69) is 10.2 Å². The Hall–Kier alpha value is -0.120. The molecule has 1 aliphatic carbocycles. The standard InChI is InChI=1S/C9H20N2O/c1-10-5-7-11(6-2-8-12)9-3-4-9/h9-10,12H,2-8H2,1H3. The predicted octanol–water partition coefficient (Wildman–Crippen LogP) is 0.0526. The number of aliphatic hydroxyl groups is 1. The fourth-order valence-electron chi connectivity index (χ4n) is 1.45. The quantitative estimate of drug-likeness (QED) is 0.570. The Kier molecular flexibility index (Phi) is 4.58. The Balaban J connectivity index is 2.09. The maximum absolute atomic E-state index is 8.70. The van der Waals surface area contributed by atoms with Crippen molar-refractivity contribution in [1.29, 1.82) is 0 Å². The van der Waals surface area contributed by atoms with Crippen LogP contribution >= 0.6 is 0 Å². The maximum Gasteiger partial charge on any atom is 0.0443 e. The number of hydrogen-bond acceptors (Lipinski definition) is 3. The van der Waals surface area contributed by atoms with E-state index in [4.69, 9.17) is 5.11 Å². The molecule has 0 spiro atoms. The first-order valence-corrected chi connectivity index (χ1v) is 4.88. The van der Waals surface area contributed by atoms with Crippen molar-refractivity contribution in [1.82, 2.24) is 10.2 Å². The summed E-state index contributed by atoms with van der Waals surface area (Å²) in [7, 11) is 1.98. The van der Waals surface area contributed by atoms with E-state index >= 15 is 0 Å². The van der Waals surface area contributed by atoms with Crippen molar-refractivity contribution < 1.29 is 5.11 Å². The molecule has 0 radical (unpaired) electrons. The van der Waals surface area contributed by atoms with Crippen LogP contribution in [0.25, 0.3) is 0 Å². The third-order valence-corrected chi connectivity index (χ3v) is 2.32. The topological polar surface area (TPSA) is 35.5 Å². The second kappa shape index (κ2) is 5.51. The highest BCUT2D eigenvalue weighted by Gasteiger charge is 2.27. The van der Waals surface area contributed by atoms with Crippen molar-refractivity contribution in [3.05, 3.63) is 0 Å². The molecule has 72 valence electrons. The number of nitrogens with zero attached hydrogens (tertiary/aromatic N) is 1. The van der Waals surface area contributed by atoms with Gasteiger partial charge in [0.1, 0.15) is 0 Å². The van der Waals surface area contributed by atoms with Gasteiger partial charge in [-0.2, -0.15) is 0 Å². The van der Waals surface area contributed by atoms with Gasteiger partial charge in [0, 0.05) is 32.3 Å². The lowest BCUT2D eigenvalue weighted by atomic mass is 10.3. The van der Waals surface area contributed by atoms with Gasteiger partial charge in [-0.3, -0.25) is 4.90 Å². The van der Waals surface area contributed by atoms with Gasteiger partial charge in [0.2, 0.25) is 0 Å². The molecule has 0 atom stereocenters. The average Bonchev–Trinajstić information content (AvgIpc) is 2.88. The van der Waals surface area contributed by atoms with Gasteiger partial charge in [0.05, 0.1) is 0 Å². The van der Waals surface area contributed by atoms with Gasteiger partial charge in [0.15, 0.2) is 0 Å². The smallest absolute Gasteiger partial charge is 0.0443 e. The van der Waals surface area contributed by atoms with Crippen molar-refractivity contribution in [2.45, 2.75) is 25.3 Å². The Bertz CT molecular complexity index is 107. The van der Waals surface area contributed by atoms with Crippen molar-refractivity contribution in [2.24, 2.45) is 0 Å². The van der Waals surface area contributed by atoms with Crippen LogP contribution in [0.3, 0.4) is 0 Å². The summed E-state index contributed by atoms with van der Waals surface area (Å²) < 4.78 is 0. The van der Waals surface area contributed by atoms with Gasteiger partial charge >= 0.3 is 0 Å². The van der Waals surface area contributed by atoms with Crippen molar-refractivity contribution >= 4 is 0 Å². The van der Waals surface area contributed by atoms with Crippen molar-refractivity contribution in [2.75, 3.05) is 33.3 Å². The molecule has 1 rings (SSSR count). The van der Waals surface area contributed by atoms with Gasteiger partial charge in [-0.05, 0) is 26.3 Å². The predicted molar refractivity (Wildman–Crippen MR) is 50.2 cm³/mol. The van der Waals surface area contributed by atoms with Gasteiger partial charge in [-0.1, -0.05) is 0 Å². The first kappa shape index (κ1) is 9.96. The Morgan fingerprint density at radius 3 is 2.67 bits per heavy atom. The molecule has 1 fully saturated rings. The monoisotopic (exact) mass is 172 g/mol. The van der Waals surface area contributed by atoms with Crippen LogP contribution in [0.4, 0.5) is 0 Å². The van der Waals surface area contributed by atoms with Crippen molar-refractivity contribution in [3.8, 4) is 0 Å². The van der Waals surface area contributed by atoms with Crippen LogP contribution in [0.5, 0.6) is 0 Å². The van der Waals surface area contributed by atoms with E-state index in [1.165, 1.54) is 12.8 Å². The van der Waals surface area contributed by atoms with Crippen LogP contribution in [0.1, 0.15) is 19.3 Å². The van der Waals surface area contributed by atoms with Gasteiger partial charge in [0.25, 0.3) is 0 Å². The highest BCUT2D eigenvalue weighted by molar-refractivity contribution is 4.84.